The van der Waals surface area contributed by atoms with Crippen LogP contribution in [0.15, 0.2) is 28.7 Å². The van der Waals surface area contributed by atoms with E-state index in [9.17, 15) is 4.39 Å². The molecule has 0 fully saturated rings. The van der Waals surface area contributed by atoms with Gasteiger partial charge >= 0.3 is 0 Å². The third kappa shape index (κ3) is 2.66. The molecule has 0 spiro atoms. The highest BCUT2D eigenvalue weighted by Gasteiger charge is 2.19. The normalized spacial score (nSPS) is 12.7. The van der Waals surface area contributed by atoms with E-state index in [0.29, 0.717) is 0 Å². The van der Waals surface area contributed by atoms with Crippen LogP contribution in [0, 0.1) is 26.6 Å². The predicted octanol–water partition coefficient (Wildman–Crippen LogP) is 5.02. The van der Waals surface area contributed by atoms with Crippen LogP contribution in [-0.4, -0.2) is 0 Å². The monoisotopic (exact) mass is 310 g/mol. The number of alkyl halides is 1. The first-order valence-corrected chi connectivity index (χ1v) is 6.85. The van der Waals surface area contributed by atoms with Crippen molar-refractivity contribution in [3.05, 3.63) is 58.3 Å². The van der Waals surface area contributed by atoms with Gasteiger partial charge in [0.05, 0.1) is 0 Å². The smallest absolute Gasteiger partial charge is 0.123 e. The van der Waals surface area contributed by atoms with Crippen molar-refractivity contribution in [1.29, 1.82) is 0 Å². The Morgan fingerprint density at radius 1 is 1.22 bits per heavy atom. The molecule has 2 rings (SSSR count). The lowest BCUT2D eigenvalue weighted by atomic mass is 10.0. The van der Waals surface area contributed by atoms with Gasteiger partial charge in [0.25, 0.3) is 0 Å². The van der Waals surface area contributed by atoms with Crippen molar-refractivity contribution in [2.24, 2.45) is 0 Å². The molecule has 96 valence electrons. The van der Waals surface area contributed by atoms with Crippen LogP contribution in [0.4, 0.5) is 4.39 Å². The van der Waals surface area contributed by atoms with Gasteiger partial charge in [-0.1, -0.05) is 28.1 Å². The molecule has 0 aliphatic carbocycles. The molecule has 1 aromatic heterocycles. The quantitative estimate of drug-likeness (QED) is 0.725. The molecule has 0 aliphatic rings. The number of hydrogen-bond donors (Lipinski definition) is 0. The molecule has 1 aromatic carbocycles. The second-order valence-electron chi connectivity index (χ2n) is 4.55. The van der Waals surface area contributed by atoms with Gasteiger partial charge in [-0.2, -0.15) is 0 Å². The molecule has 1 heterocycles. The molecule has 1 unspecified atom stereocenters. The maximum Gasteiger partial charge on any atom is 0.123 e. The minimum Gasteiger partial charge on any atom is -0.466 e. The van der Waals surface area contributed by atoms with E-state index in [1.165, 1.54) is 17.2 Å². The van der Waals surface area contributed by atoms with Gasteiger partial charge in [0.15, 0.2) is 0 Å². The van der Waals surface area contributed by atoms with Crippen LogP contribution in [0.5, 0.6) is 0 Å². The number of aryl methyl sites for hydroxylation is 2. The summed E-state index contributed by atoms with van der Waals surface area (Å²) in [5.41, 5.74) is 3.33. The van der Waals surface area contributed by atoms with Crippen molar-refractivity contribution < 1.29 is 8.81 Å². The van der Waals surface area contributed by atoms with Crippen molar-refractivity contribution in [2.75, 3.05) is 0 Å². The lowest BCUT2D eigenvalue weighted by Gasteiger charge is -2.10. The fourth-order valence-corrected chi connectivity index (χ4v) is 3.28. The Kier molecular flexibility index (Phi) is 3.91. The van der Waals surface area contributed by atoms with Crippen molar-refractivity contribution in [1.82, 2.24) is 0 Å². The average Bonchev–Trinajstić information content (AvgIpc) is 2.53. The van der Waals surface area contributed by atoms with E-state index in [0.717, 1.165) is 23.5 Å². The molecule has 0 saturated carbocycles. The van der Waals surface area contributed by atoms with Gasteiger partial charge in [-0.05, 0) is 50.5 Å². The minimum atomic E-state index is -0.191. The Hall–Kier alpha value is -1.09. The third-order valence-corrected chi connectivity index (χ3v) is 4.02. The predicted molar refractivity (Wildman–Crippen MR) is 74.7 cm³/mol. The lowest BCUT2D eigenvalue weighted by Crippen LogP contribution is -1.98. The topological polar surface area (TPSA) is 13.1 Å². The molecule has 0 aliphatic heterocycles. The van der Waals surface area contributed by atoms with Crippen LogP contribution in [0.3, 0.4) is 0 Å². The molecule has 0 N–H and O–H groups in total. The first-order chi connectivity index (χ1) is 8.49. The zero-order valence-electron chi connectivity index (χ0n) is 10.8. The molecule has 0 saturated heterocycles. The fraction of sp³-hybridized carbons (Fsp3) is 0.333. The summed E-state index contributed by atoms with van der Waals surface area (Å²) in [6, 6.07) is 6.72. The van der Waals surface area contributed by atoms with Gasteiger partial charge in [-0.3, -0.25) is 0 Å². The van der Waals surface area contributed by atoms with E-state index in [1.807, 2.05) is 19.9 Å². The molecule has 1 nitrogen and oxygen atoms in total. The summed E-state index contributed by atoms with van der Waals surface area (Å²) in [6.45, 7) is 5.99. The van der Waals surface area contributed by atoms with Gasteiger partial charge < -0.3 is 4.42 Å². The number of rotatable bonds is 3. The van der Waals surface area contributed by atoms with E-state index < -0.39 is 0 Å². The first-order valence-electron chi connectivity index (χ1n) is 5.94. The van der Waals surface area contributed by atoms with Gasteiger partial charge in [0.1, 0.15) is 17.3 Å². The summed E-state index contributed by atoms with van der Waals surface area (Å²) in [5, 5.41) is 0. The maximum atomic E-state index is 13.1. The molecular weight excluding hydrogens is 295 g/mol. The minimum absolute atomic E-state index is 0.150. The Bertz CT molecular complexity index is 560. The van der Waals surface area contributed by atoms with E-state index in [4.69, 9.17) is 4.42 Å². The molecule has 3 heteroatoms. The van der Waals surface area contributed by atoms with Gasteiger partial charge in [-0.25, -0.2) is 4.39 Å². The summed E-state index contributed by atoms with van der Waals surface area (Å²) >= 11 is 3.68. The Morgan fingerprint density at radius 3 is 2.50 bits per heavy atom. The number of halogens is 2. The zero-order valence-corrected chi connectivity index (χ0v) is 12.3. The van der Waals surface area contributed by atoms with Crippen molar-refractivity contribution in [3.63, 3.8) is 0 Å². The molecule has 0 amide bonds. The summed E-state index contributed by atoms with van der Waals surface area (Å²) in [4.78, 5) is 0.150. The summed E-state index contributed by atoms with van der Waals surface area (Å²) < 4.78 is 18.8. The van der Waals surface area contributed by atoms with Crippen LogP contribution in [0.2, 0.25) is 0 Å². The van der Waals surface area contributed by atoms with Crippen molar-refractivity contribution >= 4 is 15.9 Å². The molecule has 0 bridgehead atoms. The second-order valence-corrected chi connectivity index (χ2v) is 5.66. The van der Waals surface area contributed by atoms with Gasteiger partial charge in [-0.15, -0.1) is 0 Å². The molecular formula is C15H16BrFO. The van der Waals surface area contributed by atoms with E-state index in [-0.39, 0.29) is 10.6 Å². The van der Waals surface area contributed by atoms with Crippen LogP contribution >= 0.6 is 15.9 Å². The second kappa shape index (κ2) is 5.27. The van der Waals surface area contributed by atoms with Crippen molar-refractivity contribution in [3.8, 4) is 0 Å². The van der Waals surface area contributed by atoms with Gasteiger partial charge in [0, 0.05) is 10.4 Å². The Morgan fingerprint density at radius 2 is 1.94 bits per heavy atom. The third-order valence-electron chi connectivity index (χ3n) is 3.23. The van der Waals surface area contributed by atoms with E-state index in [2.05, 4.69) is 22.9 Å². The fourth-order valence-electron chi connectivity index (χ4n) is 2.24. The van der Waals surface area contributed by atoms with Gasteiger partial charge in [0.2, 0.25) is 0 Å². The van der Waals surface area contributed by atoms with E-state index >= 15 is 0 Å². The van der Waals surface area contributed by atoms with E-state index in [1.54, 1.807) is 12.1 Å². The number of hydrogen-bond acceptors (Lipinski definition) is 1. The summed E-state index contributed by atoms with van der Waals surface area (Å²) in [5.74, 6) is 1.69. The summed E-state index contributed by atoms with van der Waals surface area (Å²) in [6.07, 6.45) is 0.748. The van der Waals surface area contributed by atoms with Crippen LogP contribution in [0.1, 0.15) is 33.0 Å². The SMILES string of the molecule is Cc1oc(C)c(C(Br)Cc2cccc(F)c2)c1C. The zero-order chi connectivity index (χ0) is 13.3. The maximum absolute atomic E-state index is 13.1. The Balaban J connectivity index is 2.24. The van der Waals surface area contributed by atoms with Crippen molar-refractivity contribution in [2.45, 2.75) is 32.0 Å². The van der Waals surface area contributed by atoms with Crippen LogP contribution in [-0.2, 0) is 6.42 Å². The molecule has 18 heavy (non-hydrogen) atoms. The van der Waals surface area contributed by atoms with Crippen LogP contribution in [0.25, 0.3) is 0 Å². The highest BCUT2D eigenvalue weighted by atomic mass is 79.9. The number of furan rings is 1. The average molecular weight is 311 g/mol. The molecule has 2 aromatic rings. The lowest BCUT2D eigenvalue weighted by molar-refractivity contribution is 0.499. The van der Waals surface area contributed by atoms with Crippen LogP contribution < -0.4 is 0 Å². The standard InChI is InChI=1S/C15H16BrFO/c1-9-10(2)18-11(3)15(9)14(16)8-12-5-4-6-13(17)7-12/h4-7,14H,8H2,1-3H3. The highest BCUT2D eigenvalue weighted by molar-refractivity contribution is 9.09. The largest absolute Gasteiger partial charge is 0.466 e. The highest BCUT2D eigenvalue weighted by Crippen LogP contribution is 2.34. The number of benzene rings is 1. The summed E-state index contributed by atoms with van der Waals surface area (Å²) in [7, 11) is 0. The first kappa shape index (κ1) is 13.3. The molecule has 1 atom stereocenters. The Labute approximate surface area is 115 Å². The molecule has 0 radical (unpaired) electrons.